The van der Waals surface area contributed by atoms with Crippen molar-refractivity contribution in [2.24, 2.45) is 4.40 Å². The summed E-state index contributed by atoms with van der Waals surface area (Å²) in [5.74, 6) is 0.605. The van der Waals surface area contributed by atoms with Gasteiger partial charge in [0.2, 0.25) is 0 Å². The molecule has 0 aliphatic carbocycles. The fraction of sp³-hybridized carbons (Fsp3) is 0.364. The van der Waals surface area contributed by atoms with Crippen LogP contribution >= 0.6 is 11.9 Å². The van der Waals surface area contributed by atoms with Crippen LogP contribution in [0, 0.1) is 6.92 Å². The van der Waals surface area contributed by atoms with Crippen molar-refractivity contribution in [2.75, 3.05) is 0 Å². The van der Waals surface area contributed by atoms with Gasteiger partial charge in [-0.15, -0.1) is 0 Å². The fourth-order valence-electron chi connectivity index (χ4n) is 1.61. The molecule has 0 amide bonds. The molecule has 0 fully saturated rings. The van der Waals surface area contributed by atoms with Crippen molar-refractivity contribution in [2.45, 2.75) is 31.1 Å². The van der Waals surface area contributed by atoms with E-state index in [4.69, 9.17) is 0 Å². The topological polar surface area (TPSA) is 12.4 Å². The van der Waals surface area contributed by atoms with Gasteiger partial charge in [0.25, 0.3) is 0 Å². The third kappa shape index (κ3) is 1.63. The fourth-order valence-corrected chi connectivity index (χ4v) is 2.46. The Morgan fingerprint density at radius 2 is 2.31 bits per heavy atom. The summed E-state index contributed by atoms with van der Waals surface area (Å²) in [4.78, 5) is 1.35. The summed E-state index contributed by atoms with van der Waals surface area (Å²) in [6, 6.07) is 6.50. The van der Waals surface area contributed by atoms with Gasteiger partial charge in [-0.25, -0.2) is 4.40 Å². The van der Waals surface area contributed by atoms with E-state index in [1.165, 1.54) is 16.0 Å². The van der Waals surface area contributed by atoms with Gasteiger partial charge in [0.15, 0.2) is 0 Å². The molecule has 1 aromatic carbocycles. The molecule has 2 rings (SSSR count). The molecule has 1 aliphatic rings. The summed E-state index contributed by atoms with van der Waals surface area (Å²) in [5, 5.41) is 0. The lowest BCUT2D eigenvalue weighted by atomic mass is 9.97. The highest BCUT2D eigenvalue weighted by molar-refractivity contribution is 7.98. The molecule has 0 spiro atoms. The van der Waals surface area contributed by atoms with Gasteiger partial charge in [-0.3, -0.25) is 0 Å². The molecular formula is C11H13NS. The van der Waals surface area contributed by atoms with Crippen LogP contribution in [0.3, 0.4) is 0 Å². The van der Waals surface area contributed by atoms with Crippen molar-refractivity contribution in [1.82, 2.24) is 0 Å². The SMILES string of the molecule is Cc1cccc2c1SN=CCC2C. The Kier molecular flexibility index (Phi) is 2.40. The van der Waals surface area contributed by atoms with Gasteiger partial charge in [-0.05, 0) is 30.4 Å². The van der Waals surface area contributed by atoms with Crippen LogP contribution in [-0.2, 0) is 0 Å². The predicted octanol–water partition coefficient (Wildman–Crippen LogP) is 3.58. The quantitative estimate of drug-likeness (QED) is 0.571. The second-order valence-corrected chi connectivity index (χ2v) is 4.31. The third-order valence-corrected chi connectivity index (χ3v) is 3.45. The van der Waals surface area contributed by atoms with Gasteiger partial charge in [0.1, 0.15) is 0 Å². The molecule has 1 nitrogen and oxygen atoms in total. The first-order valence-electron chi connectivity index (χ1n) is 4.57. The van der Waals surface area contributed by atoms with E-state index in [1.54, 1.807) is 11.9 Å². The Hall–Kier alpha value is -0.760. The monoisotopic (exact) mass is 191 g/mol. The first-order chi connectivity index (χ1) is 6.29. The van der Waals surface area contributed by atoms with Crippen LogP contribution in [-0.4, -0.2) is 6.21 Å². The molecular weight excluding hydrogens is 178 g/mol. The predicted molar refractivity (Wildman–Crippen MR) is 58.6 cm³/mol. The Morgan fingerprint density at radius 1 is 1.46 bits per heavy atom. The average Bonchev–Trinajstić information content (AvgIpc) is 2.30. The van der Waals surface area contributed by atoms with E-state index in [-0.39, 0.29) is 0 Å². The van der Waals surface area contributed by atoms with Gasteiger partial charge in [-0.1, -0.05) is 25.1 Å². The summed E-state index contributed by atoms with van der Waals surface area (Å²) in [6.07, 6.45) is 3.08. The second-order valence-electron chi connectivity index (χ2n) is 3.51. The lowest BCUT2D eigenvalue weighted by Crippen LogP contribution is -1.95. The first-order valence-corrected chi connectivity index (χ1v) is 5.34. The van der Waals surface area contributed by atoms with E-state index in [0.29, 0.717) is 5.92 Å². The number of hydrogen-bond acceptors (Lipinski definition) is 2. The van der Waals surface area contributed by atoms with Crippen LogP contribution < -0.4 is 0 Å². The Morgan fingerprint density at radius 3 is 3.15 bits per heavy atom. The smallest absolute Gasteiger partial charge is 0.0369 e. The summed E-state index contributed by atoms with van der Waals surface area (Å²) >= 11 is 1.61. The molecule has 0 radical (unpaired) electrons. The summed E-state index contributed by atoms with van der Waals surface area (Å²) in [5.41, 5.74) is 2.79. The number of aryl methyl sites for hydroxylation is 1. The normalized spacial score (nSPS) is 20.9. The van der Waals surface area contributed by atoms with Gasteiger partial charge < -0.3 is 0 Å². The molecule has 1 aliphatic heterocycles. The van der Waals surface area contributed by atoms with E-state index in [2.05, 4.69) is 36.4 Å². The molecule has 0 N–H and O–H groups in total. The van der Waals surface area contributed by atoms with Crippen molar-refractivity contribution in [3.8, 4) is 0 Å². The molecule has 0 saturated carbocycles. The number of fused-ring (bicyclic) bond motifs is 1. The van der Waals surface area contributed by atoms with Crippen molar-refractivity contribution >= 4 is 18.2 Å². The Balaban J connectivity index is 2.53. The first kappa shape index (κ1) is 8.82. The zero-order valence-electron chi connectivity index (χ0n) is 7.95. The van der Waals surface area contributed by atoms with Gasteiger partial charge in [0.05, 0.1) is 0 Å². The Labute approximate surface area is 83.4 Å². The molecule has 1 unspecified atom stereocenters. The van der Waals surface area contributed by atoms with E-state index >= 15 is 0 Å². The highest BCUT2D eigenvalue weighted by atomic mass is 32.2. The molecule has 13 heavy (non-hydrogen) atoms. The molecule has 0 bridgehead atoms. The summed E-state index contributed by atoms with van der Waals surface area (Å²) < 4.78 is 4.32. The van der Waals surface area contributed by atoms with Crippen LogP contribution in [0.1, 0.15) is 30.4 Å². The third-order valence-electron chi connectivity index (χ3n) is 2.45. The minimum absolute atomic E-state index is 0.605. The summed E-state index contributed by atoms with van der Waals surface area (Å²) in [7, 11) is 0. The van der Waals surface area contributed by atoms with Crippen molar-refractivity contribution in [1.29, 1.82) is 0 Å². The molecule has 1 aromatic rings. The highest BCUT2D eigenvalue weighted by Crippen LogP contribution is 2.35. The van der Waals surface area contributed by atoms with Crippen LogP contribution in [0.15, 0.2) is 27.5 Å². The van der Waals surface area contributed by atoms with E-state index in [1.807, 2.05) is 6.21 Å². The van der Waals surface area contributed by atoms with E-state index in [9.17, 15) is 0 Å². The average molecular weight is 191 g/mol. The number of rotatable bonds is 0. The highest BCUT2D eigenvalue weighted by Gasteiger charge is 2.14. The molecule has 0 aromatic heterocycles. The standard InChI is InChI=1S/C11H13NS/c1-8-6-7-12-13-11-9(2)4-3-5-10(8)11/h3-5,7-8H,6H2,1-2H3. The molecule has 1 atom stereocenters. The zero-order chi connectivity index (χ0) is 9.26. The van der Waals surface area contributed by atoms with Gasteiger partial charge in [-0.2, -0.15) is 0 Å². The number of hydrogen-bond donors (Lipinski definition) is 0. The Bertz CT molecular complexity index is 344. The van der Waals surface area contributed by atoms with Gasteiger partial charge >= 0.3 is 0 Å². The largest absolute Gasteiger partial charge is 0.224 e. The lowest BCUT2D eigenvalue weighted by Gasteiger charge is -2.12. The van der Waals surface area contributed by atoms with Crippen molar-refractivity contribution in [3.63, 3.8) is 0 Å². The van der Waals surface area contributed by atoms with Gasteiger partial charge in [0, 0.05) is 23.1 Å². The molecule has 68 valence electrons. The molecule has 0 saturated heterocycles. The number of benzene rings is 1. The van der Waals surface area contributed by atoms with E-state index < -0.39 is 0 Å². The maximum Gasteiger partial charge on any atom is 0.0369 e. The van der Waals surface area contributed by atoms with Crippen LogP contribution in [0.2, 0.25) is 0 Å². The summed E-state index contributed by atoms with van der Waals surface area (Å²) in [6.45, 7) is 4.41. The van der Waals surface area contributed by atoms with E-state index in [0.717, 1.165) is 6.42 Å². The number of nitrogens with zero attached hydrogens (tertiary/aromatic N) is 1. The van der Waals surface area contributed by atoms with Crippen molar-refractivity contribution in [3.05, 3.63) is 29.3 Å². The van der Waals surface area contributed by atoms with Crippen LogP contribution in [0.4, 0.5) is 0 Å². The van der Waals surface area contributed by atoms with Crippen molar-refractivity contribution < 1.29 is 0 Å². The minimum atomic E-state index is 0.605. The lowest BCUT2D eigenvalue weighted by molar-refractivity contribution is 0.794. The minimum Gasteiger partial charge on any atom is -0.224 e. The molecule has 2 heteroatoms. The zero-order valence-corrected chi connectivity index (χ0v) is 8.77. The second kappa shape index (κ2) is 3.54. The maximum atomic E-state index is 4.32. The van der Waals surface area contributed by atoms with Crippen LogP contribution in [0.25, 0.3) is 0 Å². The van der Waals surface area contributed by atoms with Crippen LogP contribution in [0.5, 0.6) is 0 Å². The molecule has 1 heterocycles. The maximum absolute atomic E-state index is 4.32.